The van der Waals surface area contributed by atoms with Crippen molar-refractivity contribution >= 4 is 54.2 Å². The second kappa shape index (κ2) is 9.26. The molecule has 0 N–H and O–H groups in total. The number of alkyl halides is 2. The van der Waals surface area contributed by atoms with E-state index in [9.17, 15) is 18.0 Å². The van der Waals surface area contributed by atoms with E-state index >= 15 is 0 Å². The van der Waals surface area contributed by atoms with Crippen LogP contribution >= 0.6 is 31.9 Å². The number of hydrogen-bond acceptors (Lipinski definition) is 7. The summed E-state index contributed by atoms with van der Waals surface area (Å²) >= 11 is 6.38. The first kappa shape index (κ1) is 20.6. The Bertz CT molecular complexity index is 912. The van der Waals surface area contributed by atoms with Crippen LogP contribution in [0.1, 0.15) is 31.8 Å². The van der Waals surface area contributed by atoms with Gasteiger partial charge in [-0.25, -0.2) is 9.59 Å². The molecule has 0 saturated carbocycles. The molecule has 0 aliphatic rings. The third kappa shape index (κ3) is 5.37. The molecule has 2 rings (SSSR count). The van der Waals surface area contributed by atoms with Crippen LogP contribution in [0.25, 0.3) is 0 Å². The zero-order chi connectivity index (χ0) is 19.2. The van der Waals surface area contributed by atoms with Crippen molar-refractivity contribution in [1.82, 2.24) is 0 Å². The third-order valence-corrected chi connectivity index (χ3v) is 4.93. The topological polar surface area (TPSA) is 96.0 Å². The SMILES string of the molecule is O=C(OOS(=O)(=O)OC(=O)c1ccccc1CBr)c1ccccc1CBr. The summed E-state index contributed by atoms with van der Waals surface area (Å²) in [6, 6.07) is 12.6. The lowest BCUT2D eigenvalue weighted by atomic mass is 10.1. The lowest BCUT2D eigenvalue weighted by molar-refractivity contribution is -0.151. The van der Waals surface area contributed by atoms with E-state index in [1.54, 1.807) is 36.4 Å². The quantitative estimate of drug-likeness (QED) is 0.320. The van der Waals surface area contributed by atoms with Crippen molar-refractivity contribution in [3.8, 4) is 0 Å². The van der Waals surface area contributed by atoms with E-state index in [1.165, 1.54) is 12.1 Å². The van der Waals surface area contributed by atoms with Crippen molar-refractivity contribution in [3.05, 3.63) is 70.8 Å². The molecule has 138 valence electrons. The number of carbonyl (C=O) groups is 2. The summed E-state index contributed by atoms with van der Waals surface area (Å²) in [7, 11) is -4.90. The molecule has 0 aromatic heterocycles. The normalized spacial score (nSPS) is 11.0. The minimum absolute atomic E-state index is 0.0347. The molecule has 0 amide bonds. The van der Waals surface area contributed by atoms with E-state index in [0.29, 0.717) is 21.8 Å². The number of carbonyl (C=O) groups excluding carboxylic acids is 2. The average Bonchev–Trinajstić information content (AvgIpc) is 2.65. The first-order valence-electron chi connectivity index (χ1n) is 7.05. The molecule has 0 atom stereocenters. The van der Waals surface area contributed by atoms with Gasteiger partial charge < -0.3 is 4.18 Å². The lowest BCUT2D eigenvalue weighted by Gasteiger charge is -2.08. The fourth-order valence-corrected chi connectivity index (χ4v) is 3.37. The molecule has 0 fully saturated rings. The maximum atomic E-state index is 12.0. The molecule has 10 heteroatoms. The van der Waals surface area contributed by atoms with Crippen molar-refractivity contribution in [3.63, 3.8) is 0 Å². The highest BCUT2D eigenvalue weighted by Gasteiger charge is 2.25. The van der Waals surface area contributed by atoms with Crippen molar-refractivity contribution in [2.24, 2.45) is 0 Å². The molecular weight excluding hydrogens is 496 g/mol. The maximum absolute atomic E-state index is 12.0. The lowest BCUT2D eigenvalue weighted by Crippen LogP contribution is -2.19. The number of benzene rings is 2. The summed E-state index contributed by atoms with van der Waals surface area (Å²) in [6.45, 7) is 0. The summed E-state index contributed by atoms with van der Waals surface area (Å²) in [5.41, 5.74) is 1.24. The maximum Gasteiger partial charge on any atom is 0.488 e. The molecule has 26 heavy (non-hydrogen) atoms. The molecule has 0 aliphatic heterocycles. The van der Waals surface area contributed by atoms with E-state index < -0.39 is 22.3 Å². The Morgan fingerprint density at radius 2 is 1.27 bits per heavy atom. The summed E-state index contributed by atoms with van der Waals surface area (Å²) in [6.07, 6.45) is 0. The molecule has 0 spiro atoms. The number of rotatable bonds is 7. The van der Waals surface area contributed by atoms with Gasteiger partial charge in [-0.05, 0) is 27.6 Å². The molecule has 7 nitrogen and oxygen atoms in total. The smallest absolute Gasteiger partial charge is 0.318 e. The molecule has 0 unspecified atom stereocenters. The largest absolute Gasteiger partial charge is 0.488 e. The Kier molecular flexibility index (Phi) is 7.33. The van der Waals surface area contributed by atoms with Crippen molar-refractivity contribution in [2.45, 2.75) is 10.7 Å². The van der Waals surface area contributed by atoms with Gasteiger partial charge in [-0.15, -0.1) is 0 Å². The van der Waals surface area contributed by atoms with Crippen LogP contribution in [-0.2, 0) is 34.5 Å². The van der Waals surface area contributed by atoms with Gasteiger partial charge in [-0.2, -0.15) is 8.42 Å². The van der Waals surface area contributed by atoms with E-state index in [1.807, 2.05) is 0 Å². The summed E-state index contributed by atoms with van der Waals surface area (Å²) in [5, 5.41) is 0.667. The van der Waals surface area contributed by atoms with Gasteiger partial charge in [0.25, 0.3) is 0 Å². The monoisotopic (exact) mass is 506 g/mol. The molecule has 0 aliphatic carbocycles. The van der Waals surface area contributed by atoms with Crippen LogP contribution in [0.2, 0.25) is 0 Å². The van der Waals surface area contributed by atoms with E-state index in [-0.39, 0.29) is 11.1 Å². The zero-order valence-electron chi connectivity index (χ0n) is 13.1. The van der Waals surface area contributed by atoms with Gasteiger partial charge in [-0.1, -0.05) is 68.3 Å². The molecule has 0 saturated heterocycles. The minimum atomic E-state index is -4.90. The fraction of sp³-hybridized carbons (Fsp3) is 0.125. The predicted molar refractivity (Wildman–Crippen MR) is 99.0 cm³/mol. The van der Waals surface area contributed by atoms with Gasteiger partial charge in [0, 0.05) is 10.7 Å². The summed E-state index contributed by atoms with van der Waals surface area (Å²) in [5.74, 6) is -2.20. The van der Waals surface area contributed by atoms with Gasteiger partial charge in [0.05, 0.1) is 11.1 Å². The Morgan fingerprint density at radius 3 is 1.77 bits per heavy atom. The fourth-order valence-electron chi connectivity index (χ4n) is 1.94. The van der Waals surface area contributed by atoms with Crippen LogP contribution in [0, 0.1) is 0 Å². The first-order valence-corrected chi connectivity index (χ1v) is 10.6. The van der Waals surface area contributed by atoms with Crippen LogP contribution in [0.15, 0.2) is 48.5 Å². The van der Waals surface area contributed by atoms with Crippen molar-refractivity contribution in [2.75, 3.05) is 0 Å². The van der Waals surface area contributed by atoms with Crippen LogP contribution in [0.3, 0.4) is 0 Å². The van der Waals surface area contributed by atoms with Crippen LogP contribution in [0.5, 0.6) is 0 Å². The van der Waals surface area contributed by atoms with Crippen molar-refractivity contribution < 1.29 is 31.4 Å². The predicted octanol–water partition coefficient (Wildman–Crippen LogP) is 3.67. The van der Waals surface area contributed by atoms with Crippen LogP contribution in [0.4, 0.5) is 0 Å². The summed E-state index contributed by atoms with van der Waals surface area (Å²) < 4.78 is 31.9. The third-order valence-electron chi connectivity index (χ3n) is 3.13. The molecule has 2 aromatic carbocycles. The van der Waals surface area contributed by atoms with Gasteiger partial charge >= 0.3 is 22.3 Å². The molecule has 2 aromatic rings. The van der Waals surface area contributed by atoms with Crippen molar-refractivity contribution in [1.29, 1.82) is 0 Å². The Morgan fingerprint density at radius 1 is 0.808 bits per heavy atom. The standard InChI is InChI=1S/C16H12Br2O7S/c17-9-11-5-1-3-7-13(11)15(19)23-25-26(21,22)24-16(20)14-8-4-2-6-12(14)10-18/h1-8H,9-10H2. The molecular formula is C16H12Br2O7S. The Hall–Kier alpha value is -1.75. The van der Waals surface area contributed by atoms with E-state index in [4.69, 9.17) is 0 Å². The van der Waals surface area contributed by atoms with Crippen LogP contribution in [-0.4, -0.2) is 20.4 Å². The average molecular weight is 508 g/mol. The Balaban J connectivity index is 2.05. The molecule has 0 bridgehead atoms. The second-order valence-corrected chi connectivity index (χ2v) is 7.04. The number of hydrogen-bond donors (Lipinski definition) is 0. The first-order chi connectivity index (χ1) is 12.4. The minimum Gasteiger partial charge on any atom is -0.318 e. The van der Waals surface area contributed by atoms with Gasteiger partial charge in [-0.3, -0.25) is 4.89 Å². The Labute approximate surface area is 166 Å². The van der Waals surface area contributed by atoms with Gasteiger partial charge in [0.15, 0.2) is 0 Å². The zero-order valence-corrected chi connectivity index (χ0v) is 17.0. The highest BCUT2D eigenvalue weighted by molar-refractivity contribution is 9.08. The van der Waals surface area contributed by atoms with E-state index in [2.05, 4.69) is 45.3 Å². The second-order valence-electron chi connectivity index (χ2n) is 4.80. The number of halogens is 2. The molecule has 0 heterocycles. The van der Waals surface area contributed by atoms with Gasteiger partial charge in [0.2, 0.25) is 0 Å². The van der Waals surface area contributed by atoms with Crippen LogP contribution < -0.4 is 0 Å². The highest BCUT2D eigenvalue weighted by Crippen LogP contribution is 2.17. The molecule has 0 radical (unpaired) electrons. The highest BCUT2D eigenvalue weighted by atomic mass is 79.9. The van der Waals surface area contributed by atoms with E-state index in [0.717, 1.165) is 0 Å². The van der Waals surface area contributed by atoms with Gasteiger partial charge in [0.1, 0.15) is 0 Å². The summed E-state index contributed by atoms with van der Waals surface area (Å²) in [4.78, 5) is 28.2.